The third-order valence-corrected chi connectivity index (χ3v) is 9.05. The van der Waals surface area contributed by atoms with Crippen LogP contribution in [-0.2, 0) is 7.05 Å². The SMILES string of the molecule is Cc1cc2c(cc1-c1ccnc[n+]1C)[Si](C)(C)c1ccccc1N2C. The number of aromatic nitrogens is 2. The highest BCUT2D eigenvalue weighted by Gasteiger charge is 2.37. The van der Waals surface area contributed by atoms with Crippen molar-refractivity contribution in [2.75, 3.05) is 11.9 Å². The predicted octanol–water partition coefficient (Wildman–Crippen LogP) is 2.79. The monoisotopic (exact) mass is 346 g/mol. The molecule has 0 unspecified atom stereocenters. The number of aryl methyl sites for hydroxylation is 2. The maximum atomic E-state index is 4.22. The minimum atomic E-state index is -1.74. The van der Waals surface area contributed by atoms with Gasteiger partial charge >= 0.3 is 0 Å². The van der Waals surface area contributed by atoms with E-state index in [1.807, 2.05) is 12.5 Å². The second-order valence-electron chi connectivity index (χ2n) is 7.46. The van der Waals surface area contributed by atoms with Crippen LogP contribution in [0, 0.1) is 6.92 Å². The lowest BCUT2D eigenvalue weighted by Crippen LogP contribution is -2.58. The Morgan fingerprint density at radius 3 is 2.52 bits per heavy atom. The fraction of sp³-hybridized carbons (Fsp3) is 0.238. The number of fused-ring (bicyclic) bond motifs is 2. The van der Waals surface area contributed by atoms with Crippen molar-refractivity contribution < 1.29 is 4.57 Å². The van der Waals surface area contributed by atoms with E-state index in [2.05, 4.69) is 91.0 Å². The van der Waals surface area contributed by atoms with Crippen molar-refractivity contribution in [2.45, 2.75) is 20.0 Å². The molecule has 0 fully saturated rings. The fourth-order valence-electron chi connectivity index (χ4n) is 4.03. The van der Waals surface area contributed by atoms with Gasteiger partial charge in [-0.3, -0.25) is 0 Å². The minimum Gasteiger partial charge on any atom is -0.345 e. The summed E-state index contributed by atoms with van der Waals surface area (Å²) in [4.78, 5) is 6.57. The number of anilines is 2. The Balaban J connectivity index is 1.99. The first-order valence-electron chi connectivity index (χ1n) is 8.69. The van der Waals surface area contributed by atoms with Crippen LogP contribution in [0.1, 0.15) is 5.56 Å². The lowest BCUT2D eigenvalue weighted by molar-refractivity contribution is -0.663. The summed E-state index contributed by atoms with van der Waals surface area (Å²) >= 11 is 0. The van der Waals surface area contributed by atoms with Gasteiger partial charge < -0.3 is 4.90 Å². The van der Waals surface area contributed by atoms with Crippen molar-refractivity contribution in [1.82, 2.24) is 4.98 Å². The molecule has 1 aliphatic heterocycles. The normalized spacial score (nSPS) is 14.8. The average Bonchev–Trinajstić information content (AvgIpc) is 2.60. The van der Waals surface area contributed by atoms with Crippen LogP contribution in [-0.4, -0.2) is 20.1 Å². The molecule has 4 heteroatoms. The van der Waals surface area contributed by atoms with Gasteiger partial charge in [0, 0.05) is 30.1 Å². The Bertz CT molecular complexity index is 979. The van der Waals surface area contributed by atoms with Gasteiger partial charge in [0.15, 0.2) is 0 Å². The molecule has 0 bridgehead atoms. The Kier molecular flexibility index (Phi) is 3.54. The van der Waals surface area contributed by atoms with Crippen LogP contribution >= 0.6 is 0 Å². The predicted molar refractivity (Wildman–Crippen MR) is 107 cm³/mol. The highest BCUT2D eigenvalue weighted by molar-refractivity contribution is 7.02. The molecule has 0 aliphatic carbocycles. The average molecular weight is 347 g/mol. The van der Waals surface area contributed by atoms with E-state index in [0.717, 1.165) is 0 Å². The summed E-state index contributed by atoms with van der Waals surface area (Å²) in [7, 11) is 2.50. The fourth-order valence-corrected chi connectivity index (χ4v) is 7.11. The van der Waals surface area contributed by atoms with Crippen LogP contribution in [0.3, 0.4) is 0 Å². The van der Waals surface area contributed by atoms with E-state index in [4.69, 9.17) is 0 Å². The number of nitrogens with zero attached hydrogens (tertiary/aromatic N) is 3. The van der Waals surface area contributed by atoms with Crippen LogP contribution in [0.4, 0.5) is 11.4 Å². The van der Waals surface area contributed by atoms with Gasteiger partial charge in [0.2, 0.25) is 0 Å². The molecule has 4 rings (SSSR count). The molecule has 1 aliphatic rings. The summed E-state index contributed by atoms with van der Waals surface area (Å²) in [5.41, 5.74) is 6.52. The summed E-state index contributed by atoms with van der Waals surface area (Å²) in [6, 6.07) is 15.8. The van der Waals surface area contributed by atoms with Gasteiger partial charge in [-0.05, 0) is 41.1 Å². The van der Waals surface area contributed by atoms with Gasteiger partial charge in [-0.2, -0.15) is 0 Å². The van der Waals surface area contributed by atoms with Crippen molar-refractivity contribution in [3.05, 3.63) is 60.6 Å². The molecule has 0 atom stereocenters. The number of para-hydroxylation sites is 1. The molecule has 0 amide bonds. The molecule has 0 radical (unpaired) electrons. The largest absolute Gasteiger partial charge is 0.345 e. The Hall–Kier alpha value is -2.46. The molecule has 25 heavy (non-hydrogen) atoms. The highest BCUT2D eigenvalue weighted by atomic mass is 28.3. The first kappa shape index (κ1) is 16.0. The number of rotatable bonds is 1. The molecule has 0 saturated carbocycles. The third-order valence-electron chi connectivity index (χ3n) is 5.53. The number of hydrogen-bond donors (Lipinski definition) is 0. The highest BCUT2D eigenvalue weighted by Crippen LogP contribution is 2.33. The summed E-state index contributed by atoms with van der Waals surface area (Å²) in [6.07, 6.45) is 3.75. The van der Waals surface area contributed by atoms with E-state index in [9.17, 15) is 0 Å². The molecule has 2 aromatic carbocycles. The van der Waals surface area contributed by atoms with E-state index in [0.29, 0.717) is 0 Å². The smallest absolute Gasteiger partial charge is 0.286 e. The molecule has 0 spiro atoms. The second kappa shape index (κ2) is 5.53. The van der Waals surface area contributed by atoms with E-state index >= 15 is 0 Å². The van der Waals surface area contributed by atoms with Crippen molar-refractivity contribution in [1.29, 1.82) is 0 Å². The van der Waals surface area contributed by atoms with Gasteiger partial charge in [0.1, 0.15) is 20.0 Å². The summed E-state index contributed by atoms with van der Waals surface area (Å²) in [5.74, 6) is 0. The maximum absolute atomic E-state index is 4.22. The van der Waals surface area contributed by atoms with Crippen LogP contribution < -0.4 is 19.8 Å². The number of benzene rings is 2. The lowest BCUT2D eigenvalue weighted by atomic mass is 10.0. The Labute approximate surface area is 150 Å². The van der Waals surface area contributed by atoms with E-state index in [1.165, 1.54) is 38.6 Å². The van der Waals surface area contributed by atoms with Crippen molar-refractivity contribution >= 4 is 29.8 Å². The molecule has 126 valence electrons. The first-order valence-corrected chi connectivity index (χ1v) is 11.7. The molecular weight excluding hydrogens is 322 g/mol. The van der Waals surface area contributed by atoms with Crippen molar-refractivity contribution in [3.8, 4) is 11.3 Å². The van der Waals surface area contributed by atoms with Crippen molar-refractivity contribution in [3.63, 3.8) is 0 Å². The minimum absolute atomic E-state index is 1.21. The zero-order valence-electron chi connectivity index (χ0n) is 15.5. The molecule has 1 aromatic heterocycles. The van der Waals surface area contributed by atoms with Crippen LogP contribution in [0.2, 0.25) is 13.1 Å². The first-order chi connectivity index (χ1) is 11.9. The summed E-state index contributed by atoms with van der Waals surface area (Å²) in [5, 5.41) is 3.02. The van der Waals surface area contributed by atoms with E-state index in [1.54, 1.807) is 0 Å². The maximum Gasteiger partial charge on any atom is 0.286 e. The van der Waals surface area contributed by atoms with Crippen LogP contribution in [0.15, 0.2) is 55.0 Å². The van der Waals surface area contributed by atoms with Crippen LogP contribution in [0.5, 0.6) is 0 Å². The summed E-state index contributed by atoms with van der Waals surface area (Å²) < 4.78 is 2.10. The summed E-state index contributed by atoms with van der Waals surface area (Å²) in [6.45, 7) is 7.13. The third kappa shape index (κ3) is 2.32. The van der Waals surface area contributed by atoms with Gasteiger partial charge in [-0.1, -0.05) is 36.3 Å². The molecular formula is C21H24N3Si+. The molecule has 3 aromatic rings. The second-order valence-corrected chi connectivity index (χ2v) is 11.8. The zero-order chi connectivity index (χ0) is 17.8. The molecule has 3 nitrogen and oxygen atoms in total. The Morgan fingerprint density at radius 2 is 1.76 bits per heavy atom. The van der Waals surface area contributed by atoms with E-state index in [-0.39, 0.29) is 0 Å². The van der Waals surface area contributed by atoms with Gasteiger partial charge in [0.05, 0.1) is 7.05 Å². The standard InChI is InChI=1S/C21H24N3Si/c1-15-12-19-21(13-16(15)17-10-11-22-14-23(17)2)25(4,5)20-9-7-6-8-18(20)24(19)3/h6-14H,1-5H3/q+1. The zero-order valence-corrected chi connectivity index (χ0v) is 16.5. The van der Waals surface area contributed by atoms with Gasteiger partial charge in [-0.15, -0.1) is 0 Å². The Morgan fingerprint density at radius 1 is 1.00 bits per heavy atom. The van der Waals surface area contributed by atoms with E-state index < -0.39 is 8.07 Å². The van der Waals surface area contributed by atoms with Gasteiger partial charge in [-0.25, -0.2) is 4.57 Å². The van der Waals surface area contributed by atoms with Gasteiger partial charge in [0.25, 0.3) is 6.33 Å². The van der Waals surface area contributed by atoms with Crippen molar-refractivity contribution in [2.24, 2.45) is 7.05 Å². The van der Waals surface area contributed by atoms with Crippen LogP contribution in [0.25, 0.3) is 11.3 Å². The molecule has 0 saturated heterocycles. The molecule has 0 N–H and O–H groups in total. The quantitative estimate of drug-likeness (QED) is 0.499. The number of hydrogen-bond acceptors (Lipinski definition) is 2. The molecule has 2 heterocycles. The lowest BCUT2D eigenvalue weighted by Gasteiger charge is -2.39. The topological polar surface area (TPSA) is 20.0 Å².